The molecule has 0 saturated carbocycles. The molecule has 1 amide bonds. The van der Waals surface area contributed by atoms with Gasteiger partial charge >= 0.3 is 0 Å². The lowest BCUT2D eigenvalue weighted by Gasteiger charge is -2.19. The first kappa shape index (κ1) is 12.5. The van der Waals surface area contributed by atoms with Crippen LogP contribution in [0, 0.1) is 0 Å². The van der Waals surface area contributed by atoms with E-state index in [4.69, 9.17) is 0 Å². The molecule has 0 aromatic carbocycles. The highest BCUT2D eigenvalue weighted by Gasteiger charge is 2.21. The number of carbonyl (C=O) groups is 2. The van der Waals surface area contributed by atoms with Crippen molar-refractivity contribution in [3.05, 3.63) is 33.7 Å². The summed E-state index contributed by atoms with van der Waals surface area (Å²) >= 11 is 0. The molecule has 0 aliphatic heterocycles. The number of hydrogen-bond acceptors (Lipinski definition) is 3. The second-order valence-corrected chi connectivity index (χ2v) is 4.35. The smallest absolute Gasteiger partial charge is 0.251 e. The fourth-order valence-corrected chi connectivity index (χ4v) is 2.26. The Morgan fingerprint density at radius 2 is 2.11 bits per heavy atom. The third-order valence-corrected chi connectivity index (χ3v) is 3.09. The summed E-state index contributed by atoms with van der Waals surface area (Å²) in [4.78, 5) is 35.1. The minimum absolute atomic E-state index is 0.0108. The third-order valence-electron chi connectivity index (χ3n) is 3.09. The summed E-state index contributed by atoms with van der Waals surface area (Å²) in [5, 5.41) is 2.66. The molecule has 0 saturated heterocycles. The summed E-state index contributed by atoms with van der Waals surface area (Å²) in [5.41, 5.74) is 1.06. The maximum Gasteiger partial charge on any atom is 0.251 e. The minimum Gasteiger partial charge on any atom is -0.355 e. The number of hydrogen-bond donors (Lipinski definition) is 1. The van der Waals surface area contributed by atoms with Gasteiger partial charge in [0.1, 0.15) is 6.54 Å². The molecule has 0 radical (unpaired) electrons. The van der Waals surface area contributed by atoms with Crippen molar-refractivity contribution < 1.29 is 9.59 Å². The number of Topliss-reactive ketones (excluding diaryl/α,β-unsaturated/α-hetero) is 1. The zero-order chi connectivity index (χ0) is 13.1. The van der Waals surface area contributed by atoms with Crippen LogP contribution in [0.4, 0.5) is 0 Å². The van der Waals surface area contributed by atoms with Crippen LogP contribution in [0.5, 0.6) is 0 Å². The van der Waals surface area contributed by atoms with Crippen molar-refractivity contribution in [3.63, 3.8) is 0 Å². The van der Waals surface area contributed by atoms with Crippen molar-refractivity contribution in [1.29, 1.82) is 0 Å². The second kappa shape index (κ2) is 5.16. The van der Waals surface area contributed by atoms with Crippen LogP contribution in [0.3, 0.4) is 0 Å². The molecule has 0 atom stereocenters. The number of carbonyl (C=O) groups excluding carboxylic acids is 2. The number of nitrogens with one attached hydrogen (secondary N) is 1. The summed E-state index contributed by atoms with van der Waals surface area (Å²) in [6.07, 6.45) is 1.94. The van der Waals surface area contributed by atoms with Crippen molar-refractivity contribution in [2.45, 2.75) is 32.7 Å². The molecule has 1 heterocycles. The van der Waals surface area contributed by atoms with Gasteiger partial charge in [-0.25, -0.2) is 0 Å². The predicted octanol–water partition coefficient (Wildman–Crippen LogP) is 0.503. The van der Waals surface area contributed by atoms with Crippen LogP contribution >= 0.6 is 0 Å². The molecule has 2 rings (SSSR count). The first-order valence-corrected chi connectivity index (χ1v) is 6.16. The van der Waals surface area contributed by atoms with E-state index < -0.39 is 0 Å². The minimum atomic E-state index is -0.227. The molecule has 1 N–H and O–H groups in total. The van der Waals surface area contributed by atoms with E-state index in [-0.39, 0.29) is 23.8 Å². The molecule has 5 heteroatoms. The van der Waals surface area contributed by atoms with Gasteiger partial charge in [0.25, 0.3) is 5.56 Å². The van der Waals surface area contributed by atoms with Crippen LogP contribution in [-0.4, -0.2) is 22.8 Å². The fourth-order valence-electron chi connectivity index (χ4n) is 2.26. The summed E-state index contributed by atoms with van der Waals surface area (Å²) in [6.45, 7) is 2.34. The Morgan fingerprint density at radius 3 is 2.83 bits per heavy atom. The Labute approximate surface area is 105 Å². The summed E-state index contributed by atoms with van der Waals surface area (Å²) in [7, 11) is 0. The van der Waals surface area contributed by atoms with E-state index in [2.05, 4.69) is 5.32 Å². The molecular formula is C13H16N2O3. The number of amides is 1. The van der Waals surface area contributed by atoms with Crippen molar-refractivity contribution >= 4 is 11.7 Å². The fraction of sp³-hybridized carbons (Fsp3) is 0.462. The predicted molar refractivity (Wildman–Crippen MR) is 66.7 cm³/mol. The number of likely N-dealkylation sites (N-methyl/N-ethyl adjacent to an activating group) is 1. The number of nitrogens with zero attached hydrogens (tertiary/aromatic N) is 1. The molecule has 1 aliphatic carbocycles. The molecule has 1 aromatic rings. The van der Waals surface area contributed by atoms with E-state index in [1.54, 1.807) is 6.07 Å². The average Bonchev–Trinajstić information content (AvgIpc) is 2.33. The summed E-state index contributed by atoms with van der Waals surface area (Å²) in [5.74, 6) is -0.146. The van der Waals surface area contributed by atoms with E-state index in [0.29, 0.717) is 30.6 Å². The summed E-state index contributed by atoms with van der Waals surface area (Å²) in [6, 6.07) is 2.94. The Balaban J connectivity index is 2.40. The molecule has 0 fully saturated rings. The van der Waals surface area contributed by atoms with Gasteiger partial charge in [-0.2, -0.15) is 0 Å². The van der Waals surface area contributed by atoms with Gasteiger partial charge < -0.3 is 9.88 Å². The van der Waals surface area contributed by atoms with Crippen LogP contribution in [-0.2, 0) is 17.8 Å². The van der Waals surface area contributed by atoms with Crippen molar-refractivity contribution in [2.75, 3.05) is 6.54 Å². The Kier molecular flexibility index (Phi) is 3.60. The average molecular weight is 248 g/mol. The Hall–Kier alpha value is -1.91. The maximum atomic E-state index is 11.8. The van der Waals surface area contributed by atoms with Crippen molar-refractivity contribution in [1.82, 2.24) is 9.88 Å². The quantitative estimate of drug-likeness (QED) is 0.847. The topological polar surface area (TPSA) is 68.2 Å². The number of ketones is 1. The molecule has 0 unspecified atom stereocenters. The molecule has 96 valence electrons. The van der Waals surface area contributed by atoms with E-state index in [0.717, 1.165) is 6.42 Å². The first-order chi connectivity index (χ1) is 8.63. The second-order valence-electron chi connectivity index (χ2n) is 4.35. The van der Waals surface area contributed by atoms with E-state index in [1.165, 1.54) is 10.6 Å². The van der Waals surface area contributed by atoms with Gasteiger partial charge in [-0.05, 0) is 25.8 Å². The van der Waals surface area contributed by atoms with E-state index >= 15 is 0 Å². The van der Waals surface area contributed by atoms with Crippen LogP contribution in [0.25, 0.3) is 0 Å². The monoisotopic (exact) mass is 248 g/mol. The molecule has 5 nitrogen and oxygen atoms in total. The summed E-state index contributed by atoms with van der Waals surface area (Å²) < 4.78 is 1.41. The largest absolute Gasteiger partial charge is 0.355 e. The highest BCUT2D eigenvalue weighted by molar-refractivity contribution is 5.98. The lowest BCUT2D eigenvalue weighted by Crippen LogP contribution is -2.35. The zero-order valence-corrected chi connectivity index (χ0v) is 10.4. The normalized spacial score (nSPS) is 14.2. The lowest BCUT2D eigenvalue weighted by atomic mass is 9.94. The lowest BCUT2D eigenvalue weighted by molar-refractivity contribution is -0.121. The van der Waals surface area contributed by atoms with Crippen LogP contribution in [0.2, 0.25) is 0 Å². The van der Waals surface area contributed by atoms with Gasteiger partial charge in [0.05, 0.1) is 0 Å². The van der Waals surface area contributed by atoms with Gasteiger partial charge in [0.15, 0.2) is 5.78 Å². The van der Waals surface area contributed by atoms with Gasteiger partial charge in [-0.15, -0.1) is 0 Å². The van der Waals surface area contributed by atoms with E-state index in [1.807, 2.05) is 6.92 Å². The van der Waals surface area contributed by atoms with E-state index in [9.17, 15) is 14.4 Å². The van der Waals surface area contributed by atoms with Gasteiger partial charge in [-0.3, -0.25) is 14.4 Å². The number of aromatic nitrogens is 1. The van der Waals surface area contributed by atoms with Crippen molar-refractivity contribution in [2.24, 2.45) is 0 Å². The van der Waals surface area contributed by atoms with Gasteiger partial charge in [0.2, 0.25) is 5.91 Å². The van der Waals surface area contributed by atoms with Gasteiger partial charge in [-0.1, -0.05) is 0 Å². The molecular weight excluding hydrogens is 232 g/mol. The van der Waals surface area contributed by atoms with Crippen LogP contribution in [0.1, 0.15) is 35.8 Å². The highest BCUT2D eigenvalue weighted by Crippen LogP contribution is 2.19. The Bertz CT molecular complexity index is 546. The third kappa shape index (κ3) is 2.34. The highest BCUT2D eigenvalue weighted by atomic mass is 16.2. The molecule has 0 bridgehead atoms. The Morgan fingerprint density at radius 1 is 1.33 bits per heavy atom. The van der Waals surface area contributed by atoms with Gasteiger partial charge in [0, 0.05) is 30.3 Å². The SMILES string of the molecule is CCNC(=O)Cn1c2c(ccc1=O)C(=O)CCC2. The van der Waals surface area contributed by atoms with Crippen LogP contribution < -0.4 is 10.9 Å². The number of fused-ring (bicyclic) bond motifs is 1. The zero-order valence-electron chi connectivity index (χ0n) is 10.4. The van der Waals surface area contributed by atoms with Crippen molar-refractivity contribution in [3.8, 4) is 0 Å². The molecule has 1 aliphatic rings. The molecule has 1 aromatic heterocycles. The maximum absolute atomic E-state index is 11.8. The molecule has 0 spiro atoms. The number of rotatable bonds is 3. The number of pyridine rings is 1. The van der Waals surface area contributed by atoms with Crippen LogP contribution in [0.15, 0.2) is 16.9 Å². The standard InChI is InChI=1S/C13H16N2O3/c1-2-14-12(17)8-15-10-4-3-5-11(16)9(10)6-7-13(15)18/h6-7H,2-5,8H2,1H3,(H,14,17). The first-order valence-electron chi connectivity index (χ1n) is 6.16. The molecule has 18 heavy (non-hydrogen) atoms.